The number of allylic oxidation sites excluding steroid dienone is 4. The summed E-state index contributed by atoms with van der Waals surface area (Å²) in [6.45, 7) is 12.4. The van der Waals surface area contributed by atoms with E-state index >= 15 is 0 Å². The van der Waals surface area contributed by atoms with Crippen LogP contribution in [0.4, 0.5) is 0 Å². The van der Waals surface area contributed by atoms with Gasteiger partial charge in [0.25, 0.3) is 0 Å². The third kappa shape index (κ3) is 1.88. The highest BCUT2D eigenvalue weighted by molar-refractivity contribution is 5.22. The summed E-state index contributed by atoms with van der Waals surface area (Å²) in [4.78, 5) is 0. The quantitative estimate of drug-likeness (QED) is 0.515. The van der Waals surface area contributed by atoms with E-state index in [-0.39, 0.29) is 0 Å². The van der Waals surface area contributed by atoms with Gasteiger partial charge in [-0.3, -0.25) is 0 Å². The highest BCUT2D eigenvalue weighted by Gasteiger charge is 2.21. The molecule has 0 aromatic carbocycles. The zero-order valence-electron chi connectivity index (χ0n) is 8.14. The lowest BCUT2D eigenvalue weighted by Gasteiger charge is -2.29. The Balaban J connectivity index is 2.72. The van der Waals surface area contributed by atoms with Crippen LogP contribution in [0.2, 0.25) is 0 Å². The molecule has 1 fully saturated rings. The van der Waals surface area contributed by atoms with Crippen LogP contribution in [0.1, 0.15) is 26.7 Å². The molecule has 0 spiro atoms. The van der Waals surface area contributed by atoms with Crippen LogP contribution in [0, 0.1) is 11.8 Å². The summed E-state index contributed by atoms with van der Waals surface area (Å²) >= 11 is 0. The first-order valence-corrected chi connectivity index (χ1v) is 4.64. The summed E-state index contributed by atoms with van der Waals surface area (Å²) in [6.07, 6.45) is 6.40. The minimum absolute atomic E-state index is 0.653. The van der Waals surface area contributed by atoms with Crippen molar-refractivity contribution in [2.75, 3.05) is 0 Å². The van der Waals surface area contributed by atoms with Crippen molar-refractivity contribution in [1.82, 2.24) is 0 Å². The van der Waals surface area contributed by atoms with E-state index in [1.165, 1.54) is 24.0 Å². The average molecular weight is 162 g/mol. The van der Waals surface area contributed by atoms with Crippen LogP contribution >= 0.6 is 0 Å². The largest absolute Gasteiger partial charge is 0.0993 e. The van der Waals surface area contributed by atoms with Crippen molar-refractivity contribution in [3.05, 3.63) is 36.5 Å². The third-order valence-corrected chi connectivity index (χ3v) is 2.76. The third-order valence-electron chi connectivity index (χ3n) is 2.76. The van der Waals surface area contributed by atoms with Gasteiger partial charge >= 0.3 is 0 Å². The molecule has 0 aliphatic heterocycles. The summed E-state index contributed by atoms with van der Waals surface area (Å²) < 4.78 is 0. The van der Waals surface area contributed by atoms with Crippen LogP contribution in [0.25, 0.3) is 0 Å². The molecule has 0 heterocycles. The molecule has 0 radical (unpaired) electrons. The molecule has 0 bridgehead atoms. The monoisotopic (exact) mass is 162 g/mol. The van der Waals surface area contributed by atoms with E-state index in [0.29, 0.717) is 11.8 Å². The standard InChI is InChI=1S/C12H18/c1-5-6-12-7-9(2)11(4)10(3)8-12/h5-6,9-10H,1,4,7-8H2,2-3H3. The van der Waals surface area contributed by atoms with E-state index < -0.39 is 0 Å². The van der Waals surface area contributed by atoms with Crippen molar-refractivity contribution in [3.63, 3.8) is 0 Å². The van der Waals surface area contributed by atoms with Crippen LogP contribution in [-0.2, 0) is 0 Å². The fraction of sp³-hybridized carbons (Fsp3) is 0.500. The van der Waals surface area contributed by atoms with E-state index in [9.17, 15) is 0 Å². The number of rotatable bonds is 1. The van der Waals surface area contributed by atoms with E-state index in [2.05, 4.69) is 33.1 Å². The Morgan fingerprint density at radius 3 is 2.17 bits per heavy atom. The summed E-state index contributed by atoms with van der Waals surface area (Å²) in [7, 11) is 0. The molecule has 0 aromatic heterocycles. The molecule has 12 heavy (non-hydrogen) atoms. The predicted molar refractivity (Wildman–Crippen MR) is 55.0 cm³/mol. The normalized spacial score (nSPS) is 30.2. The Labute approximate surface area is 75.7 Å². The van der Waals surface area contributed by atoms with Gasteiger partial charge in [-0.15, -0.1) is 0 Å². The van der Waals surface area contributed by atoms with Gasteiger partial charge in [-0.2, -0.15) is 0 Å². The first kappa shape index (κ1) is 9.31. The summed E-state index contributed by atoms with van der Waals surface area (Å²) in [5, 5.41) is 0. The lowest BCUT2D eigenvalue weighted by molar-refractivity contribution is 0.483. The molecule has 0 heteroatoms. The van der Waals surface area contributed by atoms with E-state index in [0.717, 1.165) is 0 Å². The molecule has 0 saturated heterocycles. The second kappa shape index (κ2) is 3.75. The molecule has 1 saturated carbocycles. The van der Waals surface area contributed by atoms with Gasteiger partial charge in [0, 0.05) is 0 Å². The maximum atomic E-state index is 4.12. The van der Waals surface area contributed by atoms with Gasteiger partial charge in [0.05, 0.1) is 0 Å². The molecule has 0 nitrogen and oxygen atoms in total. The zero-order chi connectivity index (χ0) is 9.14. The molecule has 1 rings (SSSR count). The Kier molecular flexibility index (Phi) is 2.91. The fourth-order valence-electron chi connectivity index (χ4n) is 1.92. The molecule has 66 valence electrons. The van der Waals surface area contributed by atoms with Gasteiger partial charge in [0.15, 0.2) is 0 Å². The fourth-order valence-corrected chi connectivity index (χ4v) is 1.92. The molecule has 0 amide bonds. The zero-order valence-corrected chi connectivity index (χ0v) is 8.14. The molecule has 0 aromatic rings. The van der Waals surface area contributed by atoms with Crippen LogP contribution in [0.5, 0.6) is 0 Å². The van der Waals surface area contributed by atoms with Crippen LogP contribution in [-0.4, -0.2) is 0 Å². The average Bonchev–Trinajstić information content (AvgIpc) is 2.01. The summed E-state index contributed by atoms with van der Waals surface area (Å²) in [5.74, 6) is 1.31. The van der Waals surface area contributed by atoms with Crippen molar-refractivity contribution < 1.29 is 0 Å². The van der Waals surface area contributed by atoms with Crippen molar-refractivity contribution in [1.29, 1.82) is 0 Å². The molecule has 1 aliphatic rings. The van der Waals surface area contributed by atoms with E-state index in [1.807, 2.05) is 6.08 Å². The van der Waals surface area contributed by atoms with Crippen LogP contribution < -0.4 is 0 Å². The Morgan fingerprint density at radius 2 is 1.75 bits per heavy atom. The Morgan fingerprint density at radius 1 is 1.25 bits per heavy atom. The van der Waals surface area contributed by atoms with Gasteiger partial charge in [-0.25, -0.2) is 0 Å². The Bertz CT molecular complexity index is 204. The van der Waals surface area contributed by atoms with Crippen molar-refractivity contribution in [3.8, 4) is 0 Å². The Hall–Kier alpha value is -0.780. The molecular weight excluding hydrogens is 144 g/mol. The maximum absolute atomic E-state index is 4.12. The van der Waals surface area contributed by atoms with Gasteiger partial charge in [0.2, 0.25) is 0 Å². The van der Waals surface area contributed by atoms with Crippen LogP contribution in [0.15, 0.2) is 36.5 Å². The van der Waals surface area contributed by atoms with E-state index in [4.69, 9.17) is 0 Å². The second-order valence-corrected chi connectivity index (χ2v) is 3.85. The molecule has 2 unspecified atom stereocenters. The van der Waals surface area contributed by atoms with Crippen molar-refractivity contribution in [2.24, 2.45) is 11.8 Å². The smallest absolute Gasteiger partial charge is 0.0194 e. The molecule has 1 aliphatic carbocycles. The molecule has 2 atom stereocenters. The summed E-state index contributed by atoms with van der Waals surface area (Å²) in [5.41, 5.74) is 2.94. The molecule has 0 N–H and O–H groups in total. The van der Waals surface area contributed by atoms with E-state index in [1.54, 1.807) is 0 Å². The maximum Gasteiger partial charge on any atom is -0.0194 e. The minimum Gasteiger partial charge on any atom is -0.0993 e. The van der Waals surface area contributed by atoms with Gasteiger partial charge < -0.3 is 0 Å². The lowest BCUT2D eigenvalue weighted by atomic mass is 9.77. The SMILES string of the molecule is C=CC=C1CC(C)C(=C)C(C)C1. The number of hydrogen-bond acceptors (Lipinski definition) is 0. The highest BCUT2D eigenvalue weighted by Crippen LogP contribution is 2.35. The second-order valence-electron chi connectivity index (χ2n) is 3.85. The van der Waals surface area contributed by atoms with Gasteiger partial charge in [-0.1, -0.05) is 50.3 Å². The topological polar surface area (TPSA) is 0 Å². The highest BCUT2D eigenvalue weighted by atomic mass is 14.3. The first-order valence-electron chi connectivity index (χ1n) is 4.64. The first-order chi connectivity index (χ1) is 5.65. The minimum atomic E-state index is 0.653. The van der Waals surface area contributed by atoms with Gasteiger partial charge in [0.1, 0.15) is 0 Å². The van der Waals surface area contributed by atoms with Gasteiger partial charge in [-0.05, 0) is 24.7 Å². The predicted octanol–water partition coefficient (Wildman–Crippen LogP) is 3.72. The summed E-state index contributed by atoms with van der Waals surface area (Å²) in [6, 6.07) is 0. The van der Waals surface area contributed by atoms with Crippen molar-refractivity contribution in [2.45, 2.75) is 26.7 Å². The van der Waals surface area contributed by atoms with Crippen LogP contribution in [0.3, 0.4) is 0 Å². The van der Waals surface area contributed by atoms with Crippen molar-refractivity contribution >= 4 is 0 Å². The lowest BCUT2D eigenvalue weighted by Crippen LogP contribution is -2.15. The molecular formula is C12H18. The number of hydrogen-bond donors (Lipinski definition) is 0.